The Labute approximate surface area is 237 Å². The molecule has 0 aromatic heterocycles. The first-order valence-electron chi connectivity index (χ1n) is 11.5. The Hall–Kier alpha value is -3.88. The number of imide groups is 2. The van der Waals surface area contributed by atoms with Gasteiger partial charge in [0.15, 0.2) is 11.5 Å². The number of carbonyl (C=O) groups is 3. The van der Waals surface area contributed by atoms with Gasteiger partial charge in [-0.25, -0.2) is 9.69 Å². The molecule has 192 valence electrons. The zero-order valence-corrected chi connectivity index (χ0v) is 23.3. The summed E-state index contributed by atoms with van der Waals surface area (Å²) in [5, 5.41) is 11.9. The Balaban J connectivity index is 1.68. The fraction of sp³-hybridized carbons (Fsp3) is 0.143. The van der Waals surface area contributed by atoms with E-state index in [9.17, 15) is 19.6 Å². The topological polar surface area (TPSA) is 109 Å². The second-order valence-corrected chi connectivity index (χ2v) is 9.78. The van der Waals surface area contributed by atoms with E-state index in [1.807, 2.05) is 19.1 Å². The molecule has 3 aromatic carbocycles. The first kappa shape index (κ1) is 27.2. The zero-order chi connectivity index (χ0) is 27.4. The first-order valence-corrected chi connectivity index (χ1v) is 12.9. The third-order valence-corrected chi connectivity index (χ3v) is 6.88. The second kappa shape index (κ2) is 11.7. The number of benzene rings is 3. The number of barbiturate groups is 1. The monoisotopic (exact) mass is 641 g/mol. The fourth-order valence-corrected chi connectivity index (χ4v) is 4.71. The van der Waals surface area contributed by atoms with Gasteiger partial charge in [0.05, 0.1) is 27.5 Å². The zero-order valence-electron chi connectivity index (χ0n) is 20.4. The van der Waals surface area contributed by atoms with Gasteiger partial charge in [-0.3, -0.25) is 14.9 Å². The molecule has 38 heavy (non-hydrogen) atoms. The van der Waals surface area contributed by atoms with Gasteiger partial charge in [0, 0.05) is 10.6 Å². The number of hydrogen-bond acceptors (Lipinski definition) is 6. The van der Waals surface area contributed by atoms with Gasteiger partial charge in [0.1, 0.15) is 12.2 Å². The van der Waals surface area contributed by atoms with Crippen molar-refractivity contribution < 1.29 is 23.9 Å². The molecule has 0 bridgehead atoms. The van der Waals surface area contributed by atoms with Gasteiger partial charge < -0.3 is 9.47 Å². The summed E-state index contributed by atoms with van der Waals surface area (Å²) in [5.41, 5.74) is 2.53. The van der Waals surface area contributed by atoms with Crippen LogP contribution in [0.5, 0.6) is 11.5 Å². The lowest BCUT2D eigenvalue weighted by molar-refractivity contribution is -0.122. The highest BCUT2D eigenvalue weighted by molar-refractivity contribution is 14.1. The molecule has 3 aromatic rings. The van der Waals surface area contributed by atoms with E-state index >= 15 is 0 Å². The standard InChI is InChI=1S/C28H21ClIN3O5/c1-3-37-24-12-17(11-23(30)25(24)38-15-19-7-5-4-6-18(19)14-31)10-21-26(34)32-28(36)33(27(21)35)20-9-8-16(2)22(29)13-20/h4-13H,3,15H2,1-2H3,(H,32,34,36)/b21-10-. The number of urea groups is 1. The number of carbonyl (C=O) groups excluding carboxylic acids is 3. The van der Waals surface area contributed by atoms with E-state index in [-0.39, 0.29) is 17.9 Å². The van der Waals surface area contributed by atoms with Crippen LogP contribution < -0.4 is 19.7 Å². The molecule has 0 radical (unpaired) electrons. The van der Waals surface area contributed by atoms with E-state index < -0.39 is 17.8 Å². The molecule has 1 saturated heterocycles. The fourth-order valence-electron chi connectivity index (χ4n) is 3.76. The Morgan fingerprint density at radius 2 is 1.87 bits per heavy atom. The second-order valence-electron chi connectivity index (χ2n) is 8.21. The summed E-state index contributed by atoms with van der Waals surface area (Å²) >= 11 is 8.27. The maximum absolute atomic E-state index is 13.3. The average molecular weight is 642 g/mol. The first-order chi connectivity index (χ1) is 18.2. The van der Waals surface area contributed by atoms with Gasteiger partial charge in [-0.05, 0) is 84.0 Å². The highest BCUT2D eigenvalue weighted by Gasteiger charge is 2.37. The Bertz CT molecular complexity index is 1530. The van der Waals surface area contributed by atoms with Crippen LogP contribution in [0.25, 0.3) is 6.08 Å². The van der Waals surface area contributed by atoms with Crippen molar-refractivity contribution in [3.8, 4) is 17.6 Å². The van der Waals surface area contributed by atoms with E-state index in [1.165, 1.54) is 12.1 Å². The maximum atomic E-state index is 13.3. The predicted molar refractivity (Wildman–Crippen MR) is 151 cm³/mol. The summed E-state index contributed by atoms with van der Waals surface area (Å²) in [6, 6.07) is 16.6. The predicted octanol–water partition coefficient (Wildman–Crippen LogP) is 5.77. The Kier molecular flexibility index (Phi) is 8.34. The maximum Gasteiger partial charge on any atom is 0.335 e. The number of amides is 4. The number of halogens is 2. The van der Waals surface area contributed by atoms with Crippen LogP contribution in [-0.2, 0) is 16.2 Å². The number of aryl methyl sites for hydroxylation is 1. The summed E-state index contributed by atoms with van der Waals surface area (Å²) in [7, 11) is 0. The molecular formula is C28H21ClIN3O5. The molecule has 0 spiro atoms. The number of hydrogen-bond donors (Lipinski definition) is 1. The normalized spacial score (nSPS) is 14.3. The van der Waals surface area contributed by atoms with Crippen LogP contribution in [0.3, 0.4) is 0 Å². The molecule has 1 N–H and O–H groups in total. The highest BCUT2D eigenvalue weighted by atomic mass is 127. The molecule has 1 fully saturated rings. The van der Waals surface area contributed by atoms with Gasteiger partial charge in [-0.15, -0.1) is 0 Å². The molecule has 4 rings (SSSR count). The minimum atomic E-state index is -0.858. The summed E-state index contributed by atoms with van der Waals surface area (Å²) in [6.45, 7) is 4.11. The van der Waals surface area contributed by atoms with Gasteiger partial charge >= 0.3 is 6.03 Å². The Morgan fingerprint density at radius 1 is 1.11 bits per heavy atom. The van der Waals surface area contributed by atoms with E-state index in [1.54, 1.807) is 43.3 Å². The van der Waals surface area contributed by atoms with Crippen molar-refractivity contribution >= 4 is 63.8 Å². The van der Waals surface area contributed by atoms with Crippen molar-refractivity contribution in [3.63, 3.8) is 0 Å². The van der Waals surface area contributed by atoms with E-state index in [0.29, 0.717) is 37.8 Å². The van der Waals surface area contributed by atoms with Crippen molar-refractivity contribution in [2.24, 2.45) is 0 Å². The lowest BCUT2D eigenvalue weighted by Gasteiger charge is -2.26. The van der Waals surface area contributed by atoms with Crippen LogP contribution >= 0.6 is 34.2 Å². The van der Waals surface area contributed by atoms with Crippen molar-refractivity contribution in [2.45, 2.75) is 20.5 Å². The summed E-state index contributed by atoms with van der Waals surface area (Å²) in [4.78, 5) is 39.3. The van der Waals surface area contributed by atoms with Gasteiger partial charge in [0.25, 0.3) is 11.8 Å². The number of nitrogens with one attached hydrogen (secondary N) is 1. The molecule has 1 heterocycles. The Morgan fingerprint density at radius 3 is 2.58 bits per heavy atom. The SMILES string of the molecule is CCOc1cc(/C=C2/C(=O)NC(=O)N(c3ccc(C)c(Cl)c3)C2=O)cc(I)c1OCc1ccccc1C#N. The van der Waals surface area contributed by atoms with Gasteiger partial charge in [-0.1, -0.05) is 35.9 Å². The molecule has 4 amide bonds. The molecule has 0 aliphatic carbocycles. The van der Waals surface area contributed by atoms with Crippen LogP contribution in [0.1, 0.15) is 29.2 Å². The van der Waals surface area contributed by atoms with E-state index in [4.69, 9.17) is 21.1 Å². The molecule has 1 aliphatic rings. The van der Waals surface area contributed by atoms with Gasteiger partial charge in [0.2, 0.25) is 0 Å². The molecule has 0 unspecified atom stereocenters. The number of nitriles is 1. The lowest BCUT2D eigenvalue weighted by atomic mass is 10.1. The number of nitrogens with zero attached hydrogens (tertiary/aromatic N) is 2. The summed E-state index contributed by atoms with van der Waals surface area (Å²) in [6.07, 6.45) is 1.40. The molecule has 1 aliphatic heterocycles. The molecule has 0 atom stereocenters. The van der Waals surface area contributed by atoms with Crippen LogP contribution in [0.15, 0.2) is 60.2 Å². The molecular weight excluding hydrogens is 621 g/mol. The van der Waals surface area contributed by atoms with Crippen molar-refractivity contribution in [2.75, 3.05) is 11.5 Å². The molecule has 10 heteroatoms. The molecule has 8 nitrogen and oxygen atoms in total. The van der Waals surface area contributed by atoms with Gasteiger partial charge in [-0.2, -0.15) is 5.26 Å². The third kappa shape index (κ3) is 5.66. The van der Waals surface area contributed by atoms with Crippen molar-refractivity contribution in [1.82, 2.24) is 5.32 Å². The average Bonchev–Trinajstić information content (AvgIpc) is 2.88. The summed E-state index contributed by atoms with van der Waals surface area (Å²) in [5.74, 6) is -0.716. The van der Waals surface area contributed by atoms with Crippen molar-refractivity contribution in [3.05, 3.63) is 91.0 Å². The number of rotatable bonds is 7. The largest absolute Gasteiger partial charge is 0.490 e. The summed E-state index contributed by atoms with van der Waals surface area (Å²) < 4.78 is 12.5. The lowest BCUT2D eigenvalue weighted by Crippen LogP contribution is -2.54. The van der Waals surface area contributed by atoms with Crippen LogP contribution in [0.4, 0.5) is 10.5 Å². The smallest absolute Gasteiger partial charge is 0.335 e. The quantitative estimate of drug-likeness (QED) is 0.199. The number of anilines is 1. The van der Waals surface area contributed by atoms with Crippen LogP contribution in [-0.4, -0.2) is 24.5 Å². The third-order valence-electron chi connectivity index (χ3n) is 5.67. The van der Waals surface area contributed by atoms with E-state index in [0.717, 1.165) is 16.0 Å². The molecule has 0 saturated carbocycles. The van der Waals surface area contributed by atoms with Crippen LogP contribution in [0, 0.1) is 21.8 Å². The minimum Gasteiger partial charge on any atom is -0.490 e. The van der Waals surface area contributed by atoms with Crippen molar-refractivity contribution in [1.29, 1.82) is 5.26 Å². The number of ether oxygens (including phenoxy) is 2. The van der Waals surface area contributed by atoms with Crippen LogP contribution in [0.2, 0.25) is 5.02 Å². The van der Waals surface area contributed by atoms with E-state index in [2.05, 4.69) is 34.0 Å². The minimum absolute atomic E-state index is 0.150. The highest BCUT2D eigenvalue weighted by Crippen LogP contribution is 2.36.